The Kier molecular flexibility index (Phi) is 3.73. The molecule has 1 N–H and O–H groups in total. The molecule has 0 unspecified atom stereocenters. The molecule has 3 rings (SSSR count). The van der Waals surface area contributed by atoms with Crippen LogP contribution in [0.4, 0.5) is 0 Å². The number of carbonyl (C=O) groups is 1. The Balaban J connectivity index is 1.79. The largest absolute Gasteiger partial charge is 0.391 e. The number of amides is 1. The molecule has 1 aliphatic heterocycles. The lowest BCUT2D eigenvalue weighted by Crippen LogP contribution is -2.46. The average molecular weight is 292 g/mol. The minimum atomic E-state index is -0.355. The van der Waals surface area contributed by atoms with E-state index in [4.69, 9.17) is 0 Å². The lowest BCUT2D eigenvalue weighted by molar-refractivity contribution is 0.0244. The normalized spacial score (nSPS) is 27.7. The van der Waals surface area contributed by atoms with Crippen molar-refractivity contribution in [1.82, 2.24) is 19.9 Å². The van der Waals surface area contributed by atoms with E-state index in [0.717, 1.165) is 45.1 Å². The van der Waals surface area contributed by atoms with Gasteiger partial charge >= 0.3 is 0 Å². The van der Waals surface area contributed by atoms with Crippen LogP contribution in [-0.4, -0.2) is 49.1 Å². The van der Waals surface area contributed by atoms with Crippen molar-refractivity contribution >= 4 is 5.91 Å². The van der Waals surface area contributed by atoms with E-state index in [0.29, 0.717) is 5.69 Å². The van der Waals surface area contributed by atoms with Gasteiger partial charge in [0.25, 0.3) is 5.91 Å². The first-order chi connectivity index (χ1) is 10.1. The molecule has 21 heavy (non-hydrogen) atoms. The zero-order valence-electron chi connectivity index (χ0n) is 12.8. The quantitative estimate of drug-likeness (QED) is 0.918. The summed E-state index contributed by atoms with van der Waals surface area (Å²) in [5.74, 6) is -0.0173. The molecule has 6 nitrogen and oxygen atoms in total. The van der Waals surface area contributed by atoms with E-state index in [2.05, 4.69) is 24.2 Å². The number of hydrogen-bond donors (Lipinski definition) is 1. The van der Waals surface area contributed by atoms with Crippen molar-refractivity contribution in [3.05, 3.63) is 11.9 Å². The molecule has 0 bridgehead atoms. The topological polar surface area (TPSA) is 71.2 Å². The van der Waals surface area contributed by atoms with Crippen molar-refractivity contribution in [3.8, 4) is 0 Å². The summed E-state index contributed by atoms with van der Waals surface area (Å²) in [5, 5.41) is 17.8. The predicted octanol–water partition coefficient (Wildman–Crippen LogP) is 1.77. The number of aliphatic hydroxyl groups is 1. The summed E-state index contributed by atoms with van der Waals surface area (Å²) < 4.78 is 1.65. The Labute approximate surface area is 125 Å². The van der Waals surface area contributed by atoms with Gasteiger partial charge < -0.3 is 10.0 Å². The van der Waals surface area contributed by atoms with Crippen LogP contribution in [0.15, 0.2) is 6.20 Å². The van der Waals surface area contributed by atoms with Crippen LogP contribution >= 0.6 is 0 Å². The summed E-state index contributed by atoms with van der Waals surface area (Å²) in [5.41, 5.74) is 0.388. The van der Waals surface area contributed by atoms with Crippen LogP contribution in [0.1, 0.15) is 68.9 Å². The predicted molar refractivity (Wildman–Crippen MR) is 77.9 cm³/mol. The number of hydrogen-bond acceptors (Lipinski definition) is 4. The maximum absolute atomic E-state index is 12.8. The van der Waals surface area contributed by atoms with Gasteiger partial charge in [-0.25, -0.2) is 4.68 Å². The number of aromatic nitrogens is 3. The second-order valence-electron chi connectivity index (χ2n) is 6.29. The summed E-state index contributed by atoms with van der Waals surface area (Å²) >= 11 is 0. The summed E-state index contributed by atoms with van der Waals surface area (Å²) in [6, 6.07) is -0.0141. The maximum Gasteiger partial charge on any atom is 0.276 e. The van der Waals surface area contributed by atoms with Crippen LogP contribution in [0, 0.1) is 0 Å². The molecule has 0 aromatic carbocycles. The van der Waals surface area contributed by atoms with Gasteiger partial charge in [-0.05, 0) is 38.5 Å². The molecular weight excluding hydrogens is 268 g/mol. The van der Waals surface area contributed by atoms with Gasteiger partial charge in [0.15, 0.2) is 5.69 Å². The van der Waals surface area contributed by atoms with Crippen LogP contribution in [0.5, 0.6) is 0 Å². The fourth-order valence-corrected chi connectivity index (χ4v) is 3.69. The molecule has 0 spiro atoms. The Hall–Kier alpha value is -1.43. The molecule has 116 valence electrons. The van der Waals surface area contributed by atoms with Crippen molar-refractivity contribution < 1.29 is 9.90 Å². The molecular formula is C15H24N4O2. The Morgan fingerprint density at radius 3 is 2.76 bits per heavy atom. The highest BCUT2D eigenvalue weighted by Crippen LogP contribution is 2.36. The number of likely N-dealkylation sites (tertiary alicyclic amines) is 1. The molecule has 1 saturated heterocycles. The second-order valence-corrected chi connectivity index (χ2v) is 6.29. The number of rotatable bonds is 4. The monoisotopic (exact) mass is 292 g/mol. The number of nitrogens with zero attached hydrogens (tertiary/aromatic N) is 4. The van der Waals surface area contributed by atoms with Crippen LogP contribution in [0.25, 0.3) is 0 Å². The van der Waals surface area contributed by atoms with Gasteiger partial charge in [-0.15, -0.1) is 5.10 Å². The first kappa shape index (κ1) is 14.5. The van der Waals surface area contributed by atoms with Crippen LogP contribution in [0.3, 0.4) is 0 Å². The standard InChI is InChI=1S/C15H24N4O2/c1-3-15(4-2)8-5-9-18(15)14(21)11-10-19(17-16-11)12-6-7-13(12)20/h10,12-13,20H,3-9H2,1-2H3/t12-,13-/m1/s1. The summed E-state index contributed by atoms with van der Waals surface area (Å²) in [7, 11) is 0. The highest BCUT2D eigenvalue weighted by Gasteiger charge is 2.42. The first-order valence-electron chi connectivity index (χ1n) is 8.03. The van der Waals surface area contributed by atoms with E-state index < -0.39 is 0 Å². The van der Waals surface area contributed by atoms with Gasteiger partial charge in [-0.1, -0.05) is 19.1 Å². The van der Waals surface area contributed by atoms with Crippen molar-refractivity contribution in [1.29, 1.82) is 0 Å². The highest BCUT2D eigenvalue weighted by atomic mass is 16.3. The second kappa shape index (κ2) is 5.40. The van der Waals surface area contributed by atoms with E-state index >= 15 is 0 Å². The molecule has 0 radical (unpaired) electrons. The molecule has 2 heterocycles. The minimum Gasteiger partial charge on any atom is -0.391 e. The van der Waals surface area contributed by atoms with E-state index in [1.807, 2.05) is 4.90 Å². The smallest absolute Gasteiger partial charge is 0.276 e. The Morgan fingerprint density at radius 2 is 2.19 bits per heavy atom. The van der Waals surface area contributed by atoms with Crippen LogP contribution in [0.2, 0.25) is 0 Å². The van der Waals surface area contributed by atoms with Crippen LogP contribution in [-0.2, 0) is 0 Å². The van der Waals surface area contributed by atoms with Gasteiger partial charge in [0.05, 0.1) is 18.3 Å². The van der Waals surface area contributed by atoms with E-state index in [1.165, 1.54) is 0 Å². The molecule has 2 fully saturated rings. The van der Waals surface area contributed by atoms with Gasteiger partial charge in [-0.2, -0.15) is 0 Å². The summed E-state index contributed by atoms with van der Waals surface area (Å²) in [4.78, 5) is 14.7. The third-order valence-corrected chi connectivity index (χ3v) is 5.43. The highest BCUT2D eigenvalue weighted by molar-refractivity contribution is 5.92. The third-order valence-electron chi connectivity index (χ3n) is 5.43. The van der Waals surface area contributed by atoms with Gasteiger partial charge in [0.2, 0.25) is 0 Å². The van der Waals surface area contributed by atoms with Gasteiger partial charge in [0, 0.05) is 12.1 Å². The lowest BCUT2D eigenvalue weighted by atomic mass is 9.89. The molecule has 2 aliphatic rings. The first-order valence-corrected chi connectivity index (χ1v) is 8.03. The van der Waals surface area contributed by atoms with Crippen molar-refractivity contribution in [3.63, 3.8) is 0 Å². The van der Waals surface area contributed by atoms with Crippen molar-refractivity contribution in [2.75, 3.05) is 6.54 Å². The van der Waals surface area contributed by atoms with Crippen molar-refractivity contribution in [2.45, 2.75) is 70.1 Å². The average Bonchev–Trinajstić information content (AvgIpc) is 3.12. The maximum atomic E-state index is 12.8. The summed E-state index contributed by atoms with van der Waals surface area (Å²) in [6.45, 7) is 5.10. The van der Waals surface area contributed by atoms with Crippen molar-refractivity contribution in [2.24, 2.45) is 0 Å². The van der Waals surface area contributed by atoms with E-state index in [-0.39, 0.29) is 23.6 Å². The molecule has 1 saturated carbocycles. The number of aliphatic hydroxyl groups excluding tert-OH is 1. The number of carbonyl (C=O) groups excluding carboxylic acids is 1. The zero-order chi connectivity index (χ0) is 15.0. The molecule has 2 atom stereocenters. The Bertz CT molecular complexity index is 523. The summed E-state index contributed by atoms with van der Waals surface area (Å²) in [6.07, 6.45) is 7.13. The lowest BCUT2D eigenvalue weighted by Gasteiger charge is -2.36. The fraction of sp³-hybridized carbons (Fsp3) is 0.800. The van der Waals surface area contributed by atoms with E-state index in [9.17, 15) is 9.90 Å². The fourth-order valence-electron chi connectivity index (χ4n) is 3.69. The molecule has 1 amide bonds. The third kappa shape index (κ3) is 2.25. The van der Waals surface area contributed by atoms with Gasteiger partial charge in [0.1, 0.15) is 0 Å². The SMILES string of the molecule is CCC1(CC)CCCN1C(=O)c1cn([C@@H]2CC[C@H]2O)nn1. The minimum absolute atomic E-state index is 0.0141. The molecule has 1 aromatic heterocycles. The zero-order valence-corrected chi connectivity index (χ0v) is 12.8. The van der Waals surface area contributed by atoms with E-state index in [1.54, 1.807) is 10.9 Å². The van der Waals surface area contributed by atoms with Crippen LogP contribution < -0.4 is 0 Å². The molecule has 1 aromatic rings. The van der Waals surface area contributed by atoms with Gasteiger partial charge in [-0.3, -0.25) is 4.79 Å². The molecule has 1 aliphatic carbocycles. The Morgan fingerprint density at radius 1 is 1.43 bits per heavy atom. The molecule has 6 heteroatoms.